The van der Waals surface area contributed by atoms with Crippen molar-refractivity contribution >= 4 is 28.6 Å². The van der Waals surface area contributed by atoms with E-state index in [1.165, 1.54) is 0 Å². The van der Waals surface area contributed by atoms with Crippen molar-refractivity contribution in [2.24, 2.45) is 0 Å². The molecule has 0 aliphatic rings. The lowest BCUT2D eigenvalue weighted by molar-refractivity contribution is 0.432. The van der Waals surface area contributed by atoms with Crippen molar-refractivity contribution < 1.29 is 4.52 Å². The second-order valence-corrected chi connectivity index (χ2v) is 4.86. The lowest BCUT2D eigenvalue weighted by atomic mass is 10.2. The SMILES string of the molecule is Nc1ccc(Cl)c(-c2nc(-c3ccsc3)no2)c1. The third-order valence-electron chi connectivity index (χ3n) is 2.43. The fourth-order valence-electron chi connectivity index (χ4n) is 1.55. The number of nitrogens with zero attached hydrogens (tertiary/aromatic N) is 2. The molecule has 4 nitrogen and oxygen atoms in total. The van der Waals surface area contributed by atoms with Crippen LogP contribution in [0.25, 0.3) is 22.8 Å². The predicted octanol–water partition coefficient (Wildman–Crippen LogP) is 3.70. The van der Waals surface area contributed by atoms with E-state index in [2.05, 4.69) is 10.1 Å². The maximum atomic E-state index is 6.08. The summed E-state index contributed by atoms with van der Waals surface area (Å²) in [6, 6.07) is 7.08. The molecule has 3 rings (SSSR count). The van der Waals surface area contributed by atoms with E-state index in [4.69, 9.17) is 21.9 Å². The van der Waals surface area contributed by atoms with Crippen LogP contribution < -0.4 is 5.73 Å². The van der Waals surface area contributed by atoms with Crippen LogP contribution in [0.15, 0.2) is 39.5 Å². The number of halogens is 1. The summed E-state index contributed by atoms with van der Waals surface area (Å²) in [6.45, 7) is 0. The molecule has 18 heavy (non-hydrogen) atoms. The van der Waals surface area contributed by atoms with Crippen LogP contribution in [-0.4, -0.2) is 10.1 Å². The van der Waals surface area contributed by atoms with Crippen molar-refractivity contribution in [1.29, 1.82) is 0 Å². The summed E-state index contributed by atoms with van der Waals surface area (Å²) < 4.78 is 5.21. The van der Waals surface area contributed by atoms with Gasteiger partial charge in [0.1, 0.15) is 0 Å². The van der Waals surface area contributed by atoms with Gasteiger partial charge in [-0.1, -0.05) is 16.8 Å². The largest absolute Gasteiger partial charge is 0.399 e. The van der Waals surface area contributed by atoms with Gasteiger partial charge in [-0.2, -0.15) is 16.3 Å². The molecule has 0 aliphatic carbocycles. The normalized spacial score (nSPS) is 10.7. The second-order valence-electron chi connectivity index (χ2n) is 3.67. The molecular formula is C12H8ClN3OS. The van der Waals surface area contributed by atoms with Crippen LogP contribution in [0.2, 0.25) is 5.02 Å². The molecule has 3 aromatic rings. The van der Waals surface area contributed by atoms with E-state index >= 15 is 0 Å². The number of rotatable bonds is 2. The van der Waals surface area contributed by atoms with Gasteiger partial charge in [0.05, 0.1) is 10.6 Å². The molecule has 0 amide bonds. The summed E-state index contributed by atoms with van der Waals surface area (Å²) >= 11 is 7.66. The zero-order valence-electron chi connectivity index (χ0n) is 9.13. The van der Waals surface area contributed by atoms with Crippen LogP contribution in [0, 0.1) is 0 Å². The summed E-state index contributed by atoms with van der Waals surface area (Å²) in [6.07, 6.45) is 0. The zero-order chi connectivity index (χ0) is 12.5. The highest BCUT2D eigenvalue weighted by Crippen LogP contribution is 2.30. The van der Waals surface area contributed by atoms with Crippen molar-refractivity contribution in [2.45, 2.75) is 0 Å². The highest BCUT2D eigenvalue weighted by molar-refractivity contribution is 7.08. The lowest BCUT2D eigenvalue weighted by Crippen LogP contribution is -1.87. The van der Waals surface area contributed by atoms with Crippen LogP contribution in [0.3, 0.4) is 0 Å². The van der Waals surface area contributed by atoms with Gasteiger partial charge >= 0.3 is 0 Å². The molecule has 0 unspecified atom stereocenters. The fraction of sp³-hybridized carbons (Fsp3) is 0. The van der Waals surface area contributed by atoms with Crippen LogP contribution >= 0.6 is 22.9 Å². The Hall–Kier alpha value is -1.85. The first-order valence-electron chi connectivity index (χ1n) is 5.16. The molecule has 6 heteroatoms. The number of thiophene rings is 1. The van der Waals surface area contributed by atoms with Crippen molar-refractivity contribution in [2.75, 3.05) is 5.73 Å². The summed E-state index contributed by atoms with van der Waals surface area (Å²) in [7, 11) is 0. The maximum absolute atomic E-state index is 6.08. The molecule has 0 aliphatic heterocycles. The standard InChI is InChI=1S/C12H8ClN3OS/c13-10-2-1-8(14)5-9(10)12-15-11(16-17-12)7-3-4-18-6-7/h1-6H,14H2. The van der Waals surface area contributed by atoms with E-state index in [9.17, 15) is 0 Å². The molecule has 2 aromatic heterocycles. The maximum Gasteiger partial charge on any atom is 0.259 e. The van der Waals surface area contributed by atoms with Crippen molar-refractivity contribution in [3.05, 3.63) is 40.0 Å². The van der Waals surface area contributed by atoms with Gasteiger partial charge in [-0.15, -0.1) is 0 Å². The molecule has 0 spiro atoms. The summed E-state index contributed by atoms with van der Waals surface area (Å²) in [4.78, 5) is 4.31. The van der Waals surface area contributed by atoms with Gasteiger partial charge < -0.3 is 10.3 Å². The molecular weight excluding hydrogens is 270 g/mol. The number of benzene rings is 1. The van der Waals surface area contributed by atoms with E-state index in [1.807, 2.05) is 16.8 Å². The first-order valence-corrected chi connectivity index (χ1v) is 6.48. The monoisotopic (exact) mass is 277 g/mol. The first-order chi connectivity index (χ1) is 8.74. The number of hydrogen-bond donors (Lipinski definition) is 1. The van der Waals surface area contributed by atoms with E-state index in [0.29, 0.717) is 28.0 Å². The molecule has 0 saturated carbocycles. The molecule has 0 fully saturated rings. The topological polar surface area (TPSA) is 64.9 Å². The summed E-state index contributed by atoms with van der Waals surface area (Å²) in [5.74, 6) is 0.915. The van der Waals surface area contributed by atoms with Crippen molar-refractivity contribution in [1.82, 2.24) is 10.1 Å². The minimum Gasteiger partial charge on any atom is -0.399 e. The number of nitrogens with two attached hydrogens (primary N) is 1. The average molecular weight is 278 g/mol. The molecule has 0 saturated heterocycles. The molecule has 0 atom stereocenters. The van der Waals surface area contributed by atoms with E-state index in [0.717, 1.165) is 5.56 Å². The van der Waals surface area contributed by atoms with Gasteiger partial charge in [-0.05, 0) is 29.6 Å². The van der Waals surface area contributed by atoms with Crippen LogP contribution in [0.1, 0.15) is 0 Å². The van der Waals surface area contributed by atoms with Gasteiger partial charge in [0, 0.05) is 16.6 Å². The van der Waals surface area contributed by atoms with Crippen LogP contribution in [-0.2, 0) is 0 Å². The predicted molar refractivity (Wildman–Crippen MR) is 72.5 cm³/mol. The minimum atomic E-state index is 0.369. The Kier molecular flexibility index (Phi) is 2.77. The van der Waals surface area contributed by atoms with Gasteiger partial charge in [0.2, 0.25) is 5.82 Å². The molecule has 90 valence electrons. The van der Waals surface area contributed by atoms with Crippen molar-refractivity contribution in [3.8, 4) is 22.8 Å². The third kappa shape index (κ3) is 1.98. The Labute approximate surface area is 112 Å². The smallest absolute Gasteiger partial charge is 0.259 e. The van der Waals surface area contributed by atoms with Crippen LogP contribution in [0.4, 0.5) is 5.69 Å². The number of aromatic nitrogens is 2. The minimum absolute atomic E-state index is 0.369. The van der Waals surface area contributed by atoms with Gasteiger partial charge in [-0.3, -0.25) is 0 Å². The van der Waals surface area contributed by atoms with E-state index in [1.54, 1.807) is 29.5 Å². The molecule has 0 radical (unpaired) electrons. The van der Waals surface area contributed by atoms with E-state index < -0.39 is 0 Å². The molecule has 1 aromatic carbocycles. The van der Waals surface area contributed by atoms with Gasteiger partial charge in [0.25, 0.3) is 5.89 Å². The Bertz CT molecular complexity index is 678. The first kappa shape index (κ1) is 11.3. The van der Waals surface area contributed by atoms with Crippen LogP contribution in [0.5, 0.6) is 0 Å². The third-order valence-corrected chi connectivity index (χ3v) is 3.44. The van der Waals surface area contributed by atoms with Crippen molar-refractivity contribution in [3.63, 3.8) is 0 Å². The lowest BCUT2D eigenvalue weighted by Gasteiger charge is -1.99. The number of nitrogen functional groups attached to an aromatic ring is 1. The molecule has 2 N–H and O–H groups in total. The Morgan fingerprint density at radius 2 is 2.17 bits per heavy atom. The van der Waals surface area contributed by atoms with Gasteiger partial charge in [-0.25, -0.2) is 0 Å². The highest BCUT2D eigenvalue weighted by Gasteiger charge is 2.13. The Balaban J connectivity index is 2.05. The quantitative estimate of drug-likeness (QED) is 0.725. The fourth-order valence-corrected chi connectivity index (χ4v) is 2.38. The zero-order valence-corrected chi connectivity index (χ0v) is 10.7. The van der Waals surface area contributed by atoms with E-state index in [-0.39, 0.29) is 0 Å². The average Bonchev–Trinajstić information content (AvgIpc) is 3.00. The number of hydrogen-bond acceptors (Lipinski definition) is 5. The number of anilines is 1. The Morgan fingerprint density at radius 1 is 1.28 bits per heavy atom. The summed E-state index contributed by atoms with van der Waals surface area (Å²) in [5.41, 5.74) is 7.89. The van der Waals surface area contributed by atoms with Gasteiger partial charge in [0.15, 0.2) is 0 Å². The summed E-state index contributed by atoms with van der Waals surface area (Å²) in [5, 5.41) is 8.37. The molecule has 2 heterocycles. The Morgan fingerprint density at radius 3 is 2.94 bits per heavy atom. The highest BCUT2D eigenvalue weighted by atomic mass is 35.5. The second kappa shape index (κ2) is 4.44. The molecule has 0 bridgehead atoms.